The smallest absolute Gasteiger partial charge is 0.267 e. The van der Waals surface area contributed by atoms with E-state index in [1.54, 1.807) is 6.07 Å². The number of carbonyl (C=O) groups excluding carboxylic acids is 1. The molecule has 0 aliphatic carbocycles. The van der Waals surface area contributed by atoms with Gasteiger partial charge in [0.25, 0.3) is 5.91 Å². The molecule has 0 atom stereocenters. The van der Waals surface area contributed by atoms with Gasteiger partial charge in [-0.15, -0.1) is 0 Å². The van der Waals surface area contributed by atoms with Gasteiger partial charge in [-0.05, 0) is 43.5 Å². The molecule has 0 saturated heterocycles. The molecular formula is C19H22N2O. The van der Waals surface area contributed by atoms with E-state index in [9.17, 15) is 4.79 Å². The van der Waals surface area contributed by atoms with Crippen LogP contribution in [-0.2, 0) is 6.42 Å². The first-order chi connectivity index (χ1) is 10.6. The van der Waals surface area contributed by atoms with Crippen molar-refractivity contribution >= 4 is 11.6 Å². The summed E-state index contributed by atoms with van der Waals surface area (Å²) in [4.78, 5) is 12.1. The van der Waals surface area contributed by atoms with Crippen LogP contribution in [0.1, 0.15) is 47.3 Å². The zero-order chi connectivity index (χ0) is 15.9. The van der Waals surface area contributed by atoms with Crippen LogP contribution in [0.2, 0.25) is 0 Å². The van der Waals surface area contributed by atoms with E-state index in [1.807, 2.05) is 44.2 Å². The van der Waals surface area contributed by atoms with Gasteiger partial charge in [-0.3, -0.25) is 4.79 Å². The Morgan fingerprint density at radius 2 is 1.82 bits per heavy atom. The highest BCUT2D eigenvalue weighted by Gasteiger charge is 2.05. The van der Waals surface area contributed by atoms with Crippen LogP contribution >= 0.6 is 0 Å². The summed E-state index contributed by atoms with van der Waals surface area (Å²) in [6.45, 7) is 6.02. The number of aryl methyl sites for hydroxylation is 2. The van der Waals surface area contributed by atoms with Crippen molar-refractivity contribution in [1.82, 2.24) is 5.43 Å². The van der Waals surface area contributed by atoms with Crippen molar-refractivity contribution in [3.8, 4) is 0 Å². The van der Waals surface area contributed by atoms with Gasteiger partial charge in [-0.2, -0.15) is 5.10 Å². The first kappa shape index (κ1) is 16.0. The molecule has 0 saturated carbocycles. The summed E-state index contributed by atoms with van der Waals surface area (Å²) in [5.74, 6) is -0.189. The number of benzene rings is 2. The molecule has 3 nitrogen and oxygen atoms in total. The van der Waals surface area contributed by atoms with Gasteiger partial charge in [-0.25, -0.2) is 5.43 Å². The number of amides is 1. The van der Waals surface area contributed by atoms with Gasteiger partial charge in [0.05, 0.1) is 5.71 Å². The predicted octanol–water partition coefficient (Wildman–Crippen LogP) is 4.10. The largest absolute Gasteiger partial charge is 0.271 e. The molecule has 0 aliphatic rings. The van der Waals surface area contributed by atoms with Gasteiger partial charge in [0, 0.05) is 5.56 Å². The summed E-state index contributed by atoms with van der Waals surface area (Å²) in [5, 5.41) is 4.19. The lowest BCUT2D eigenvalue weighted by Crippen LogP contribution is -2.19. The van der Waals surface area contributed by atoms with Crippen LogP contribution in [0.15, 0.2) is 53.6 Å². The Bertz CT molecular complexity index is 672. The summed E-state index contributed by atoms with van der Waals surface area (Å²) < 4.78 is 0. The second-order valence-corrected chi connectivity index (χ2v) is 5.45. The highest BCUT2D eigenvalue weighted by atomic mass is 16.2. The van der Waals surface area contributed by atoms with E-state index in [2.05, 4.69) is 29.6 Å². The van der Waals surface area contributed by atoms with Crippen LogP contribution in [0.5, 0.6) is 0 Å². The van der Waals surface area contributed by atoms with Crippen molar-refractivity contribution in [2.75, 3.05) is 0 Å². The lowest BCUT2D eigenvalue weighted by atomic mass is 10.1. The number of hydrogen-bond donors (Lipinski definition) is 1. The van der Waals surface area contributed by atoms with Crippen LogP contribution in [-0.4, -0.2) is 11.6 Å². The van der Waals surface area contributed by atoms with E-state index in [0.29, 0.717) is 5.56 Å². The third-order valence-corrected chi connectivity index (χ3v) is 3.52. The first-order valence-corrected chi connectivity index (χ1v) is 7.60. The molecule has 2 rings (SSSR count). The van der Waals surface area contributed by atoms with Crippen molar-refractivity contribution < 1.29 is 4.79 Å². The minimum atomic E-state index is -0.189. The second kappa shape index (κ2) is 7.55. The Hall–Kier alpha value is -2.42. The zero-order valence-corrected chi connectivity index (χ0v) is 13.4. The molecule has 0 fully saturated rings. The monoisotopic (exact) mass is 294 g/mol. The Kier molecular flexibility index (Phi) is 5.48. The number of nitrogens with one attached hydrogen (secondary N) is 1. The Balaban J connectivity index is 2.04. The molecule has 1 amide bonds. The summed E-state index contributed by atoms with van der Waals surface area (Å²) in [5.41, 5.74) is 7.42. The fourth-order valence-electron chi connectivity index (χ4n) is 2.25. The molecule has 0 bridgehead atoms. The molecule has 2 aromatic rings. The van der Waals surface area contributed by atoms with Crippen LogP contribution < -0.4 is 5.43 Å². The molecule has 0 aliphatic heterocycles. The molecule has 0 radical (unpaired) electrons. The molecule has 114 valence electrons. The molecule has 1 N–H and O–H groups in total. The molecular weight excluding hydrogens is 272 g/mol. The number of hydrogen-bond acceptors (Lipinski definition) is 2. The Morgan fingerprint density at radius 1 is 1.09 bits per heavy atom. The molecule has 0 unspecified atom stereocenters. The number of rotatable bonds is 5. The highest BCUT2D eigenvalue weighted by Crippen LogP contribution is 2.08. The molecule has 0 heterocycles. The van der Waals surface area contributed by atoms with Crippen LogP contribution in [0.25, 0.3) is 0 Å². The molecule has 3 heteroatoms. The average molecular weight is 294 g/mol. The molecule has 0 aromatic heterocycles. The normalized spacial score (nSPS) is 11.3. The van der Waals surface area contributed by atoms with Gasteiger partial charge in [0.1, 0.15) is 0 Å². The number of carbonyl (C=O) groups is 1. The first-order valence-electron chi connectivity index (χ1n) is 7.60. The van der Waals surface area contributed by atoms with Gasteiger partial charge in [0.2, 0.25) is 0 Å². The van der Waals surface area contributed by atoms with Crippen molar-refractivity contribution in [1.29, 1.82) is 0 Å². The fourth-order valence-corrected chi connectivity index (χ4v) is 2.25. The van der Waals surface area contributed by atoms with E-state index in [0.717, 1.165) is 29.7 Å². The molecule has 22 heavy (non-hydrogen) atoms. The predicted molar refractivity (Wildman–Crippen MR) is 91.3 cm³/mol. The molecule has 2 aromatic carbocycles. The highest BCUT2D eigenvalue weighted by molar-refractivity contribution is 6.00. The standard InChI is InChI=1S/C19H22N2O/c1-4-6-16-9-11-17(12-10-16)15(3)20-21-19(22)18-8-5-7-14(2)13-18/h5,7-13H,4,6H2,1-3H3,(H,21,22). The van der Waals surface area contributed by atoms with Crippen molar-refractivity contribution in [3.05, 3.63) is 70.8 Å². The average Bonchev–Trinajstić information content (AvgIpc) is 2.53. The van der Waals surface area contributed by atoms with E-state index in [-0.39, 0.29) is 5.91 Å². The quantitative estimate of drug-likeness (QED) is 0.654. The number of nitrogens with zero attached hydrogens (tertiary/aromatic N) is 1. The maximum absolute atomic E-state index is 12.1. The third kappa shape index (κ3) is 4.29. The van der Waals surface area contributed by atoms with Gasteiger partial charge in [-0.1, -0.05) is 55.3 Å². The van der Waals surface area contributed by atoms with E-state index < -0.39 is 0 Å². The van der Waals surface area contributed by atoms with Gasteiger partial charge in [0.15, 0.2) is 0 Å². The maximum Gasteiger partial charge on any atom is 0.271 e. The summed E-state index contributed by atoms with van der Waals surface area (Å²) in [6.07, 6.45) is 2.22. The minimum absolute atomic E-state index is 0.189. The van der Waals surface area contributed by atoms with Crippen LogP contribution in [0.3, 0.4) is 0 Å². The Labute approximate surface area is 132 Å². The summed E-state index contributed by atoms with van der Waals surface area (Å²) in [6, 6.07) is 15.8. The second-order valence-electron chi connectivity index (χ2n) is 5.45. The van der Waals surface area contributed by atoms with Crippen LogP contribution in [0, 0.1) is 6.92 Å². The van der Waals surface area contributed by atoms with Crippen molar-refractivity contribution in [2.24, 2.45) is 5.10 Å². The zero-order valence-electron chi connectivity index (χ0n) is 13.4. The lowest BCUT2D eigenvalue weighted by molar-refractivity contribution is 0.0954. The molecule has 0 spiro atoms. The Morgan fingerprint density at radius 3 is 2.45 bits per heavy atom. The summed E-state index contributed by atoms with van der Waals surface area (Å²) in [7, 11) is 0. The fraction of sp³-hybridized carbons (Fsp3) is 0.263. The SMILES string of the molecule is CCCc1ccc(C(C)=NNC(=O)c2cccc(C)c2)cc1. The number of hydrazone groups is 1. The minimum Gasteiger partial charge on any atom is -0.267 e. The van der Waals surface area contributed by atoms with Crippen molar-refractivity contribution in [3.63, 3.8) is 0 Å². The maximum atomic E-state index is 12.1. The lowest BCUT2D eigenvalue weighted by Gasteiger charge is -2.05. The summed E-state index contributed by atoms with van der Waals surface area (Å²) >= 11 is 0. The van der Waals surface area contributed by atoms with E-state index in [4.69, 9.17) is 0 Å². The van der Waals surface area contributed by atoms with Gasteiger partial charge < -0.3 is 0 Å². The third-order valence-electron chi connectivity index (χ3n) is 3.52. The van der Waals surface area contributed by atoms with E-state index in [1.165, 1.54) is 5.56 Å². The van der Waals surface area contributed by atoms with Crippen LogP contribution in [0.4, 0.5) is 0 Å². The van der Waals surface area contributed by atoms with Crippen molar-refractivity contribution in [2.45, 2.75) is 33.6 Å². The topological polar surface area (TPSA) is 41.5 Å². The van der Waals surface area contributed by atoms with Gasteiger partial charge >= 0.3 is 0 Å². The van der Waals surface area contributed by atoms with E-state index >= 15 is 0 Å².